The molecule has 0 amide bonds. The summed E-state index contributed by atoms with van der Waals surface area (Å²) in [6, 6.07) is 3.53. The van der Waals surface area contributed by atoms with Gasteiger partial charge in [-0.05, 0) is 12.1 Å². The summed E-state index contributed by atoms with van der Waals surface area (Å²) >= 11 is 0. The van der Waals surface area contributed by atoms with Gasteiger partial charge in [-0.1, -0.05) is 0 Å². The molecule has 16 heavy (non-hydrogen) atoms. The molecule has 1 aromatic rings. The van der Waals surface area contributed by atoms with Crippen LogP contribution >= 0.6 is 0 Å². The summed E-state index contributed by atoms with van der Waals surface area (Å²) in [5.74, 6) is 0.00593. The molecule has 1 fully saturated rings. The minimum absolute atomic E-state index is 0.00593. The predicted octanol–water partition coefficient (Wildman–Crippen LogP) is 1.46. The van der Waals surface area contributed by atoms with Crippen molar-refractivity contribution in [2.24, 2.45) is 0 Å². The number of carbonyl (C=O) groups excluding carboxylic acids is 1. The van der Waals surface area contributed by atoms with E-state index in [9.17, 15) is 4.79 Å². The maximum absolute atomic E-state index is 12.3. The molecule has 1 aliphatic heterocycles. The summed E-state index contributed by atoms with van der Waals surface area (Å²) in [5, 5.41) is 0. The van der Waals surface area contributed by atoms with Gasteiger partial charge in [0.2, 0.25) is 0 Å². The average Bonchev–Trinajstić information content (AvgIpc) is 2.39. The quantitative estimate of drug-likeness (QED) is 0.725. The lowest BCUT2D eigenvalue weighted by molar-refractivity contribution is -0.0663. The van der Waals surface area contributed by atoms with Crippen molar-refractivity contribution in [3.8, 4) is 0 Å². The normalized spacial score (nSPS) is 19.3. The number of rotatable bonds is 3. The van der Waals surface area contributed by atoms with Crippen LogP contribution in [0.25, 0.3) is 0 Å². The van der Waals surface area contributed by atoms with Gasteiger partial charge in [0.1, 0.15) is 5.60 Å². The number of hydrogen-bond acceptors (Lipinski definition) is 4. The number of ketones is 1. The lowest BCUT2D eigenvalue weighted by Crippen LogP contribution is -2.45. The van der Waals surface area contributed by atoms with Gasteiger partial charge < -0.3 is 9.47 Å². The summed E-state index contributed by atoms with van der Waals surface area (Å²) in [6.45, 7) is 1.14. The van der Waals surface area contributed by atoms with Crippen LogP contribution in [0.2, 0.25) is 0 Å². The van der Waals surface area contributed by atoms with E-state index in [0.717, 1.165) is 0 Å². The number of Topliss-reactive ketones (excluding diaryl/α,β-unsaturated/α-hetero) is 1. The Labute approximate surface area is 94.6 Å². The van der Waals surface area contributed by atoms with E-state index in [0.29, 0.717) is 31.6 Å². The summed E-state index contributed by atoms with van der Waals surface area (Å²) < 4.78 is 10.7. The number of nitrogens with zero attached hydrogens (tertiary/aromatic N) is 1. The van der Waals surface area contributed by atoms with Crippen molar-refractivity contribution in [3.63, 3.8) is 0 Å². The first-order chi connectivity index (χ1) is 7.78. The van der Waals surface area contributed by atoms with Crippen molar-refractivity contribution in [1.82, 2.24) is 4.98 Å². The largest absolute Gasteiger partial charge is 0.381 e. The van der Waals surface area contributed by atoms with E-state index in [1.807, 2.05) is 0 Å². The Bertz CT molecular complexity index is 358. The first-order valence-electron chi connectivity index (χ1n) is 5.36. The Kier molecular flexibility index (Phi) is 3.31. The second kappa shape index (κ2) is 4.72. The number of aromatic nitrogens is 1. The fourth-order valence-electron chi connectivity index (χ4n) is 1.99. The molecule has 2 heterocycles. The molecule has 0 N–H and O–H groups in total. The number of hydrogen-bond donors (Lipinski definition) is 0. The van der Waals surface area contributed by atoms with Gasteiger partial charge in [-0.2, -0.15) is 0 Å². The van der Waals surface area contributed by atoms with Gasteiger partial charge in [0.25, 0.3) is 0 Å². The molecule has 0 atom stereocenters. The van der Waals surface area contributed by atoms with Gasteiger partial charge in [0.15, 0.2) is 5.78 Å². The zero-order valence-corrected chi connectivity index (χ0v) is 9.31. The van der Waals surface area contributed by atoms with Gasteiger partial charge in [-0.3, -0.25) is 9.78 Å². The van der Waals surface area contributed by atoms with Crippen LogP contribution in [0.3, 0.4) is 0 Å². The lowest BCUT2D eigenvalue weighted by Gasteiger charge is -2.34. The van der Waals surface area contributed by atoms with Crippen LogP contribution in [0.5, 0.6) is 0 Å². The molecule has 2 rings (SSSR count). The first kappa shape index (κ1) is 11.2. The predicted molar refractivity (Wildman–Crippen MR) is 58.4 cm³/mol. The third-order valence-corrected chi connectivity index (χ3v) is 3.03. The molecule has 4 heteroatoms. The lowest BCUT2D eigenvalue weighted by atomic mass is 9.86. The van der Waals surface area contributed by atoms with Crippen molar-refractivity contribution >= 4 is 5.78 Å². The van der Waals surface area contributed by atoms with Crippen LogP contribution < -0.4 is 0 Å². The SMILES string of the molecule is COC1(C(=O)c2cccnc2)CCOCC1. The fourth-order valence-corrected chi connectivity index (χ4v) is 1.99. The Morgan fingerprint density at radius 2 is 2.25 bits per heavy atom. The van der Waals surface area contributed by atoms with Crippen molar-refractivity contribution in [2.75, 3.05) is 20.3 Å². The van der Waals surface area contributed by atoms with E-state index >= 15 is 0 Å². The molecule has 0 saturated carbocycles. The zero-order valence-electron chi connectivity index (χ0n) is 9.31. The summed E-state index contributed by atoms with van der Waals surface area (Å²) in [6.07, 6.45) is 4.45. The van der Waals surface area contributed by atoms with Gasteiger partial charge in [-0.15, -0.1) is 0 Å². The molecular formula is C12H15NO3. The molecule has 1 aliphatic rings. The molecule has 0 aromatic carbocycles. The maximum atomic E-state index is 12.3. The molecule has 0 unspecified atom stereocenters. The second-order valence-electron chi connectivity index (χ2n) is 3.88. The van der Waals surface area contributed by atoms with Gasteiger partial charge >= 0.3 is 0 Å². The van der Waals surface area contributed by atoms with Crippen molar-refractivity contribution in [3.05, 3.63) is 30.1 Å². The standard InChI is InChI=1S/C12H15NO3/c1-15-12(4-7-16-8-5-12)11(14)10-3-2-6-13-9-10/h2-3,6,9H,4-5,7-8H2,1H3. The highest BCUT2D eigenvalue weighted by atomic mass is 16.5. The van der Waals surface area contributed by atoms with E-state index < -0.39 is 5.60 Å². The number of carbonyl (C=O) groups is 1. The Morgan fingerprint density at radius 1 is 1.50 bits per heavy atom. The fraction of sp³-hybridized carbons (Fsp3) is 0.500. The van der Waals surface area contributed by atoms with Crippen LogP contribution in [-0.4, -0.2) is 36.7 Å². The van der Waals surface area contributed by atoms with E-state index in [2.05, 4.69) is 4.98 Å². The summed E-state index contributed by atoms with van der Waals surface area (Å²) in [5.41, 5.74) is -0.118. The first-order valence-corrected chi connectivity index (χ1v) is 5.36. The highest BCUT2D eigenvalue weighted by molar-refractivity contribution is 6.02. The molecule has 0 radical (unpaired) electrons. The maximum Gasteiger partial charge on any atom is 0.196 e. The number of methoxy groups -OCH3 is 1. The van der Waals surface area contributed by atoms with E-state index in [1.54, 1.807) is 31.6 Å². The monoisotopic (exact) mass is 221 g/mol. The Balaban J connectivity index is 2.24. The van der Waals surface area contributed by atoms with Crippen molar-refractivity contribution in [1.29, 1.82) is 0 Å². The molecular weight excluding hydrogens is 206 g/mol. The zero-order chi connectivity index (χ0) is 11.4. The molecule has 1 aromatic heterocycles. The van der Waals surface area contributed by atoms with Gasteiger partial charge in [0.05, 0.1) is 0 Å². The third kappa shape index (κ3) is 1.99. The molecule has 0 aliphatic carbocycles. The molecule has 0 spiro atoms. The molecule has 4 nitrogen and oxygen atoms in total. The Morgan fingerprint density at radius 3 is 2.81 bits per heavy atom. The minimum atomic E-state index is -0.721. The second-order valence-corrected chi connectivity index (χ2v) is 3.88. The van der Waals surface area contributed by atoms with Crippen LogP contribution in [0.1, 0.15) is 23.2 Å². The van der Waals surface area contributed by atoms with Crippen LogP contribution in [0.15, 0.2) is 24.5 Å². The number of pyridine rings is 1. The molecule has 0 bridgehead atoms. The highest BCUT2D eigenvalue weighted by Gasteiger charge is 2.40. The van der Waals surface area contributed by atoms with Crippen LogP contribution in [-0.2, 0) is 9.47 Å². The average molecular weight is 221 g/mol. The van der Waals surface area contributed by atoms with E-state index in [1.165, 1.54) is 0 Å². The number of ether oxygens (including phenoxy) is 2. The van der Waals surface area contributed by atoms with Crippen molar-refractivity contribution < 1.29 is 14.3 Å². The highest BCUT2D eigenvalue weighted by Crippen LogP contribution is 2.28. The smallest absolute Gasteiger partial charge is 0.196 e. The molecule has 1 saturated heterocycles. The minimum Gasteiger partial charge on any atom is -0.381 e. The van der Waals surface area contributed by atoms with E-state index in [-0.39, 0.29) is 5.78 Å². The topological polar surface area (TPSA) is 48.4 Å². The Hall–Kier alpha value is -1.26. The third-order valence-electron chi connectivity index (χ3n) is 3.03. The summed E-state index contributed by atoms with van der Waals surface area (Å²) in [7, 11) is 1.58. The van der Waals surface area contributed by atoms with Crippen LogP contribution in [0.4, 0.5) is 0 Å². The van der Waals surface area contributed by atoms with Gasteiger partial charge in [0, 0.05) is 51.1 Å². The van der Waals surface area contributed by atoms with E-state index in [4.69, 9.17) is 9.47 Å². The van der Waals surface area contributed by atoms with Gasteiger partial charge in [-0.25, -0.2) is 0 Å². The van der Waals surface area contributed by atoms with Crippen LogP contribution in [0, 0.1) is 0 Å². The summed E-state index contributed by atoms with van der Waals surface area (Å²) in [4.78, 5) is 16.3. The molecule has 86 valence electrons. The van der Waals surface area contributed by atoms with Crippen molar-refractivity contribution in [2.45, 2.75) is 18.4 Å².